The van der Waals surface area contributed by atoms with Crippen LogP contribution >= 0.6 is 0 Å². The van der Waals surface area contributed by atoms with Crippen molar-refractivity contribution in [3.8, 4) is 11.5 Å². The van der Waals surface area contributed by atoms with Gasteiger partial charge in [-0.3, -0.25) is 28.8 Å². The number of ether oxygens (including phenoxy) is 1. The molecule has 4 saturated carbocycles. The highest BCUT2D eigenvalue weighted by Gasteiger charge is 2.69. The average Bonchev–Trinajstić information content (AvgIpc) is 3.25. The molecule has 6 aliphatic rings. The molecule has 9 rings (SSSR count). The number of primary amides is 2. The van der Waals surface area contributed by atoms with Gasteiger partial charge in [-0.2, -0.15) is 0 Å². The summed E-state index contributed by atoms with van der Waals surface area (Å²) in [5, 5.41) is 76.4. The Morgan fingerprint density at radius 3 is 1.51 bits per heavy atom. The Balaban J connectivity index is 0.000000186. The zero-order chi connectivity index (χ0) is 48.8. The predicted octanol–water partition coefficient (Wildman–Crippen LogP) is 0.483. The molecular formula is C49H54N4O14. The lowest BCUT2D eigenvalue weighted by atomic mass is 9.54. The summed E-state index contributed by atoms with van der Waals surface area (Å²) in [6.07, 6.45) is -1.54. The number of ketones is 4. The number of nitrogens with two attached hydrogens (primary N) is 2. The Bertz CT molecular complexity index is 2660. The number of carbonyl (C=O) groups is 6. The molecule has 354 valence electrons. The number of Topliss-reactive ketones (excluding diaryl/α,β-unsaturated/α-hetero) is 4. The molecule has 0 radical (unpaired) electrons. The van der Waals surface area contributed by atoms with Crippen molar-refractivity contribution in [1.29, 1.82) is 0 Å². The van der Waals surface area contributed by atoms with E-state index in [9.17, 15) is 64.5 Å². The Morgan fingerprint density at radius 2 is 1.07 bits per heavy atom. The van der Waals surface area contributed by atoms with E-state index in [1.54, 1.807) is 62.3 Å². The highest BCUT2D eigenvalue weighted by atomic mass is 16.5. The molecule has 0 bridgehead atoms. The lowest BCUT2D eigenvalue weighted by Gasteiger charge is -2.54. The monoisotopic (exact) mass is 922 g/mol. The fourth-order valence-electron chi connectivity index (χ4n) is 12.0. The summed E-state index contributed by atoms with van der Waals surface area (Å²) < 4.78 is 6.17. The maximum Gasteiger partial charge on any atom is 0.230 e. The fraction of sp³-hybridized carbons (Fsp3) is 0.429. The minimum atomic E-state index is -2.62. The number of phenolic OH excluding ortho intramolecular Hbond substituents is 2. The number of hydrogen-bond donors (Lipinski definition) is 9. The molecule has 0 saturated heterocycles. The third kappa shape index (κ3) is 7.16. The number of aliphatic hydroxyl groups is 5. The second kappa shape index (κ2) is 17.1. The lowest BCUT2D eigenvalue weighted by Crippen LogP contribution is -2.73. The summed E-state index contributed by atoms with van der Waals surface area (Å²) in [5.74, 6) is -13.9. The maximum atomic E-state index is 13.9. The van der Waals surface area contributed by atoms with Crippen molar-refractivity contribution in [2.45, 2.75) is 67.8 Å². The molecule has 3 aromatic rings. The van der Waals surface area contributed by atoms with Crippen LogP contribution in [-0.4, -0.2) is 144 Å². The summed E-state index contributed by atoms with van der Waals surface area (Å²) in [5.41, 5.74) is 7.90. The second-order valence-electron chi connectivity index (χ2n) is 19.0. The lowest BCUT2D eigenvalue weighted by molar-refractivity contribution is -0.190. The van der Waals surface area contributed by atoms with Gasteiger partial charge in [-0.1, -0.05) is 54.6 Å². The van der Waals surface area contributed by atoms with E-state index in [1.807, 2.05) is 30.3 Å². The highest BCUT2D eigenvalue weighted by molar-refractivity contribution is 6.26. The Kier molecular flexibility index (Phi) is 12.1. The number of aromatic hydroxyl groups is 2. The van der Waals surface area contributed by atoms with Gasteiger partial charge >= 0.3 is 0 Å². The number of amides is 2. The quantitative estimate of drug-likeness (QED) is 0.146. The third-order valence-electron chi connectivity index (χ3n) is 14.9. The first-order chi connectivity index (χ1) is 31.6. The van der Waals surface area contributed by atoms with Gasteiger partial charge in [-0.15, -0.1) is 0 Å². The second-order valence-corrected chi connectivity index (χ2v) is 19.0. The van der Waals surface area contributed by atoms with Gasteiger partial charge in [0.2, 0.25) is 23.4 Å². The molecular weight excluding hydrogens is 869 g/mol. The van der Waals surface area contributed by atoms with Gasteiger partial charge in [0.25, 0.3) is 0 Å². The predicted molar refractivity (Wildman–Crippen MR) is 237 cm³/mol. The van der Waals surface area contributed by atoms with E-state index in [1.165, 1.54) is 12.1 Å². The van der Waals surface area contributed by atoms with E-state index < -0.39 is 117 Å². The molecule has 4 unspecified atom stereocenters. The molecule has 6 aliphatic carbocycles. The van der Waals surface area contributed by atoms with Crippen LogP contribution in [0.4, 0.5) is 0 Å². The van der Waals surface area contributed by atoms with Crippen molar-refractivity contribution >= 4 is 46.5 Å². The fourth-order valence-corrected chi connectivity index (χ4v) is 12.0. The molecule has 0 aromatic heterocycles. The molecule has 3 aromatic carbocycles. The van der Waals surface area contributed by atoms with Crippen LogP contribution in [0.25, 0.3) is 11.5 Å². The first kappa shape index (κ1) is 47.2. The molecule has 0 heterocycles. The van der Waals surface area contributed by atoms with Crippen molar-refractivity contribution in [2.24, 2.45) is 47.0 Å². The normalized spacial score (nSPS) is 33.1. The molecule has 67 heavy (non-hydrogen) atoms. The first-order valence-electron chi connectivity index (χ1n) is 21.9. The van der Waals surface area contributed by atoms with Crippen molar-refractivity contribution in [1.82, 2.24) is 9.80 Å². The topological polar surface area (TPSA) is 312 Å². The zero-order valence-corrected chi connectivity index (χ0v) is 37.2. The van der Waals surface area contributed by atoms with Crippen LogP contribution in [-0.2, 0) is 53.0 Å². The standard InChI is InChI=1S/C28H30N2O7.C21H24N2O7/c1-30(2)22-17-12-16-11-15-9-6-10-18(31)19(15)23(32)20(16)25(33)28(17,36)26(34)21(27(29)35)24(22)37-13-14-7-4-3-5-8-14;1-23(2)15-10-7-9-6-8-4-3-5-11(24)12(8)16(25)13(9)18(27)21(10,30)19(28)14(17(15)26)20(22)29/h3-10,16-17,21-22,24,31-32,36H,11-13H2,1-2H3,(H2,29,35);3-5,9-10,14-15,17,24-26,30H,6-7H2,1-2H3,(H2,22,29)/t16-,17-,21?,22-,24?,28-;9-,10-,14?,15-,17?,21-/m00/s1. The van der Waals surface area contributed by atoms with Crippen molar-refractivity contribution < 1.29 is 69.2 Å². The van der Waals surface area contributed by atoms with E-state index >= 15 is 0 Å². The number of phenols is 2. The van der Waals surface area contributed by atoms with Crippen molar-refractivity contribution in [3.05, 3.63) is 106 Å². The van der Waals surface area contributed by atoms with Crippen LogP contribution < -0.4 is 11.5 Å². The number of rotatable bonds is 7. The summed E-state index contributed by atoms with van der Waals surface area (Å²) in [4.78, 5) is 82.1. The van der Waals surface area contributed by atoms with Crippen LogP contribution in [0.15, 0.2) is 77.9 Å². The van der Waals surface area contributed by atoms with Gasteiger partial charge < -0.3 is 61.7 Å². The van der Waals surface area contributed by atoms with Gasteiger partial charge in [0.15, 0.2) is 22.8 Å². The van der Waals surface area contributed by atoms with Crippen LogP contribution in [0.5, 0.6) is 11.5 Å². The minimum absolute atomic E-state index is 0.0954. The van der Waals surface area contributed by atoms with E-state index in [0.717, 1.165) is 5.56 Å². The van der Waals surface area contributed by atoms with Gasteiger partial charge in [-0.05, 0) is 94.5 Å². The van der Waals surface area contributed by atoms with Gasteiger partial charge in [0.05, 0.1) is 29.9 Å². The van der Waals surface area contributed by atoms with E-state index in [4.69, 9.17) is 16.2 Å². The molecule has 18 heteroatoms. The largest absolute Gasteiger partial charge is 0.507 e. The summed E-state index contributed by atoms with van der Waals surface area (Å²) >= 11 is 0. The molecule has 18 nitrogen and oxygen atoms in total. The van der Waals surface area contributed by atoms with Crippen LogP contribution in [0.3, 0.4) is 0 Å². The van der Waals surface area contributed by atoms with Crippen LogP contribution in [0, 0.1) is 35.5 Å². The smallest absolute Gasteiger partial charge is 0.230 e. The first-order valence-corrected chi connectivity index (χ1v) is 21.9. The zero-order valence-electron chi connectivity index (χ0n) is 37.2. The SMILES string of the molecule is CN(C)[C@@H]1C(O)C(C(N)=O)C(=O)[C@@]2(O)C(=O)C3=C(O)c4c(O)cccc4C[C@H]3C[C@@H]12.CN(C)[C@@H]1C(OCc2ccccc2)C(C(N)=O)C(=O)[C@@]2(O)C(=O)C3=C(O)c4c(O)cccc4C[C@H]3C[C@@H]12. The third-order valence-corrected chi connectivity index (χ3v) is 14.9. The van der Waals surface area contributed by atoms with E-state index in [0.29, 0.717) is 24.0 Å². The number of likely N-dealkylation sites (N-methyl/N-ethyl adjacent to an activating group) is 2. The van der Waals surface area contributed by atoms with Gasteiger partial charge in [0, 0.05) is 35.1 Å². The molecule has 4 fully saturated rings. The number of benzene rings is 3. The minimum Gasteiger partial charge on any atom is -0.507 e. The Labute approximate surface area is 384 Å². The Hall–Kier alpha value is -6.28. The molecule has 12 atom stereocenters. The molecule has 0 spiro atoms. The number of carbonyl (C=O) groups excluding carboxylic acids is 6. The highest BCUT2D eigenvalue weighted by Crippen LogP contribution is 2.54. The summed E-state index contributed by atoms with van der Waals surface area (Å²) in [7, 11) is 6.70. The summed E-state index contributed by atoms with van der Waals surface area (Å²) in [6.45, 7) is 0.105. The van der Waals surface area contributed by atoms with Gasteiger partial charge in [0.1, 0.15) is 34.9 Å². The number of hydrogen-bond acceptors (Lipinski definition) is 16. The van der Waals surface area contributed by atoms with Gasteiger partial charge in [-0.25, -0.2) is 0 Å². The van der Waals surface area contributed by atoms with Crippen LogP contribution in [0.2, 0.25) is 0 Å². The number of aliphatic hydroxyl groups excluding tert-OH is 3. The maximum absolute atomic E-state index is 13.9. The number of nitrogens with zero attached hydrogens (tertiary/aromatic N) is 2. The summed E-state index contributed by atoms with van der Waals surface area (Å²) in [6, 6.07) is 17.2. The average molecular weight is 923 g/mol. The van der Waals surface area contributed by atoms with E-state index in [2.05, 4.69) is 0 Å². The van der Waals surface area contributed by atoms with E-state index in [-0.39, 0.29) is 53.2 Å². The number of fused-ring (bicyclic) bond motifs is 6. The van der Waals surface area contributed by atoms with Crippen molar-refractivity contribution in [2.75, 3.05) is 28.2 Å². The molecule has 0 aliphatic heterocycles. The van der Waals surface area contributed by atoms with Crippen molar-refractivity contribution in [3.63, 3.8) is 0 Å². The van der Waals surface area contributed by atoms with Crippen LogP contribution in [0.1, 0.15) is 40.7 Å². The Morgan fingerprint density at radius 1 is 0.642 bits per heavy atom. The molecule has 11 N–H and O–H groups in total. The molecule has 2 amide bonds.